The van der Waals surface area contributed by atoms with Gasteiger partial charge < -0.3 is 10.2 Å². The van der Waals surface area contributed by atoms with Gasteiger partial charge in [0.2, 0.25) is 0 Å². The van der Waals surface area contributed by atoms with Crippen molar-refractivity contribution in [3.63, 3.8) is 0 Å². The second kappa shape index (κ2) is 5.57. The molecule has 0 heterocycles. The maximum Gasteiger partial charge on any atom is 0.258 e. The zero-order chi connectivity index (χ0) is 13.8. The molecule has 3 nitrogen and oxygen atoms in total. The van der Waals surface area contributed by atoms with E-state index >= 15 is 0 Å². The highest BCUT2D eigenvalue weighted by Crippen LogP contribution is 2.20. The number of amides is 1. The lowest BCUT2D eigenvalue weighted by atomic mass is 10.1. The number of hydrogen-bond acceptors (Lipinski definition) is 2. The second-order valence-electron chi connectivity index (χ2n) is 4.48. The second-order valence-corrected chi connectivity index (χ2v) is 4.48. The molecule has 0 unspecified atom stereocenters. The zero-order valence-corrected chi connectivity index (χ0v) is 11.5. The molecule has 0 radical (unpaired) electrons. The summed E-state index contributed by atoms with van der Waals surface area (Å²) in [7, 11) is 3.66. The molecule has 0 aliphatic carbocycles. The largest absolute Gasteiger partial charge is 0.388 e. The standard InChI is InChI=1S/C16H18N2O/c1-12-6-4-5-7-15(12)18(3)16(19)13-8-10-14(17-2)11-9-13/h4-11,17H,1-3H3. The number of nitrogens with one attached hydrogen (secondary N) is 1. The average molecular weight is 254 g/mol. The first-order valence-electron chi connectivity index (χ1n) is 6.25. The van der Waals surface area contributed by atoms with Crippen molar-refractivity contribution in [1.29, 1.82) is 0 Å². The third kappa shape index (κ3) is 2.76. The smallest absolute Gasteiger partial charge is 0.258 e. The maximum absolute atomic E-state index is 12.4. The highest BCUT2D eigenvalue weighted by atomic mass is 16.2. The number of hydrogen-bond donors (Lipinski definition) is 1. The van der Waals surface area contributed by atoms with Crippen LogP contribution < -0.4 is 10.2 Å². The molecular weight excluding hydrogens is 236 g/mol. The van der Waals surface area contributed by atoms with Crippen molar-refractivity contribution in [2.24, 2.45) is 0 Å². The fourth-order valence-corrected chi connectivity index (χ4v) is 2.02. The average Bonchev–Trinajstić information content (AvgIpc) is 2.46. The summed E-state index contributed by atoms with van der Waals surface area (Å²) in [5.74, 6) is -0.00282. The molecule has 1 amide bonds. The van der Waals surface area contributed by atoms with E-state index in [9.17, 15) is 4.79 Å². The molecule has 3 heteroatoms. The lowest BCUT2D eigenvalue weighted by Gasteiger charge is -2.19. The number of carbonyl (C=O) groups is 1. The van der Waals surface area contributed by atoms with Crippen LogP contribution in [0.4, 0.5) is 11.4 Å². The van der Waals surface area contributed by atoms with Crippen LogP contribution in [0.25, 0.3) is 0 Å². The van der Waals surface area contributed by atoms with E-state index in [1.165, 1.54) is 0 Å². The molecule has 0 aliphatic rings. The van der Waals surface area contributed by atoms with Crippen molar-refractivity contribution in [3.8, 4) is 0 Å². The minimum Gasteiger partial charge on any atom is -0.388 e. The molecule has 0 saturated carbocycles. The molecule has 0 saturated heterocycles. The predicted octanol–water partition coefficient (Wildman–Crippen LogP) is 3.31. The van der Waals surface area contributed by atoms with Crippen molar-refractivity contribution in [1.82, 2.24) is 0 Å². The Hall–Kier alpha value is -2.29. The third-order valence-electron chi connectivity index (χ3n) is 3.20. The van der Waals surface area contributed by atoms with Gasteiger partial charge in [0.15, 0.2) is 0 Å². The lowest BCUT2D eigenvalue weighted by Crippen LogP contribution is -2.26. The number of carbonyl (C=O) groups excluding carboxylic acids is 1. The van der Waals surface area contributed by atoms with Gasteiger partial charge in [0.05, 0.1) is 0 Å². The molecular formula is C16H18N2O. The zero-order valence-electron chi connectivity index (χ0n) is 11.5. The monoisotopic (exact) mass is 254 g/mol. The van der Waals surface area contributed by atoms with Crippen molar-refractivity contribution in [2.75, 3.05) is 24.3 Å². The molecule has 98 valence electrons. The summed E-state index contributed by atoms with van der Waals surface area (Å²) in [6.07, 6.45) is 0. The number of benzene rings is 2. The van der Waals surface area contributed by atoms with E-state index in [0.29, 0.717) is 5.56 Å². The van der Waals surface area contributed by atoms with E-state index < -0.39 is 0 Å². The summed E-state index contributed by atoms with van der Waals surface area (Å²) in [4.78, 5) is 14.1. The molecule has 0 fully saturated rings. The summed E-state index contributed by atoms with van der Waals surface area (Å²) < 4.78 is 0. The molecule has 0 atom stereocenters. The van der Waals surface area contributed by atoms with Gasteiger partial charge in [0.25, 0.3) is 5.91 Å². The summed E-state index contributed by atoms with van der Waals surface area (Å²) >= 11 is 0. The minimum atomic E-state index is -0.00282. The number of anilines is 2. The van der Waals surface area contributed by atoms with Crippen molar-refractivity contribution < 1.29 is 4.79 Å². The molecule has 2 rings (SSSR count). The number of nitrogens with zero attached hydrogens (tertiary/aromatic N) is 1. The topological polar surface area (TPSA) is 32.3 Å². The molecule has 0 aromatic heterocycles. The van der Waals surface area contributed by atoms with Gasteiger partial charge in [-0.15, -0.1) is 0 Å². The normalized spacial score (nSPS) is 10.1. The van der Waals surface area contributed by atoms with E-state index in [4.69, 9.17) is 0 Å². The van der Waals surface area contributed by atoms with Gasteiger partial charge >= 0.3 is 0 Å². The minimum absolute atomic E-state index is 0.00282. The van der Waals surface area contributed by atoms with Gasteiger partial charge in [0, 0.05) is 31.0 Å². The Morgan fingerprint density at radius 3 is 2.26 bits per heavy atom. The van der Waals surface area contributed by atoms with Crippen LogP contribution in [-0.2, 0) is 0 Å². The highest BCUT2D eigenvalue weighted by molar-refractivity contribution is 6.06. The Morgan fingerprint density at radius 2 is 1.68 bits per heavy atom. The predicted molar refractivity (Wildman–Crippen MR) is 79.9 cm³/mol. The van der Waals surface area contributed by atoms with Crippen molar-refractivity contribution in [3.05, 3.63) is 59.7 Å². The van der Waals surface area contributed by atoms with Crippen molar-refractivity contribution >= 4 is 17.3 Å². The molecule has 0 spiro atoms. The van der Waals surface area contributed by atoms with E-state index in [-0.39, 0.29) is 5.91 Å². The summed E-state index contributed by atoms with van der Waals surface area (Å²) in [6.45, 7) is 2.00. The Kier molecular flexibility index (Phi) is 3.85. The first-order valence-corrected chi connectivity index (χ1v) is 6.25. The summed E-state index contributed by atoms with van der Waals surface area (Å²) in [6, 6.07) is 15.3. The third-order valence-corrected chi connectivity index (χ3v) is 3.20. The lowest BCUT2D eigenvalue weighted by molar-refractivity contribution is 0.0993. The van der Waals surface area contributed by atoms with E-state index in [1.807, 2.05) is 62.5 Å². The van der Waals surface area contributed by atoms with E-state index in [0.717, 1.165) is 16.9 Å². The fraction of sp³-hybridized carbons (Fsp3) is 0.188. The molecule has 2 aromatic carbocycles. The molecule has 1 N–H and O–H groups in total. The Balaban J connectivity index is 2.26. The van der Waals surface area contributed by atoms with Crippen LogP contribution in [0, 0.1) is 6.92 Å². The number of rotatable bonds is 3. The Morgan fingerprint density at radius 1 is 1.05 bits per heavy atom. The number of para-hydroxylation sites is 1. The van der Waals surface area contributed by atoms with E-state index in [2.05, 4.69) is 5.32 Å². The van der Waals surface area contributed by atoms with Crippen LogP contribution in [0.15, 0.2) is 48.5 Å². The molecule has 19 heavy (non-hydrogen) atoms. The van der Waals surface area contributed by atoms with Crippen LogP contribution in [0.2, 0.25) is 0 Å². The first-order chi connectivity index (χ1) is 9.13. The van der Waals surface area contributed by atoms with E-state index in [1.54, 1.807) is 11.9 Å². The summed E-state index contributed by atoms with van der Waals surface area (Å²) in [5.41, 5.74) is 3.70. The summed E-state index contributed by atoms with van der Waals surface area (Å²) in [5, 5.41) is 3.04. The first kappa shape index (κ1) is 13.1. The molecule has 2 aromatic rings. The number of aryl methyl sites for hydroxylation is 1. The van der Waals surface area contributed by atoms with Gasteiger partial charge in [-0.1, -0.05) is 18.2 Å². The van der Waals surface area contributed by atoms with Crippen LogP contribution in [0.1, 0.15) is 15.9 Å². The Labute approximate surface area is 113 Å². The van der Waals surface area contributed by atoms with Gasteiger partial charge in [-0.05, 0) is 42.8 Å². The highest BCUT2D eigenvalue weighted by Gasteiger charge is 2.14. The fourth-order valence-electron chi connectivity index (χ4n) is 2.02. The van der Waals surface area contributed by atoms with Crippen LogP contribution in [0.3, 0.4) is 0 Å². The van der Waals surface area contributed by atoms with Gasteiger partial charge in [-0.2, -0.15) is 0 Å². The SMILES string of the molecule is CNc1ccc(C(=O)N(C)c2ccccc2C)cc1. The van der Waals surface area contributed by atoms with Gasteiger partial charge in [0.1, 0.15) is 0 Å². The Bertz CT molecular complexity index is 576. The van der Waals surface area contributed by atoms with Crippen LogP contribution in [-0.4, -0.2) is 20.0 Å². The quantitative estimate of drug-likeness (QED) is 0.911. The maximum atomic E-state index is 12.4. The molecule has 0 bridgehead atoms. The molecule has 0 aliphatic heterocycles. The van der Waals surface area contributed by atoms with Crippen molar-refractivity contribution in [2.45, 2.75) is 6.92 Å². The van der Waals surface area contributed by atoms with Crippen LogP contribution in [0.5, 0.6) is 0 Å². The van der Waals surface area contributed by atoms with Gasteiger partial charge in [-0.25, -0.2) is 0 Å². The van der Waals surface area contributed by atoms with Gasteiger partial charge in [-0.3, -0.25) is 4.79 Å². The van der Waals surface area contributed by atoms with Crippen LogP contribution >= 0.6 is 0 Å².